The molecule has 0 spiro atoms. The van der Waals surface area contributed by atoms with Gasteiger partial charge in [-0.05, 0) is 79.7 Å². The summed E-state index contributed by atoms with van der Waals surface area (Å²) in [6.45, 7) is 2.10. The van der Waals surface area contributed by atoms with E-state index in [1.807, 2.05) is 24.3 Å². The third-order valence-corrected chi connectivity index (χ3v) is 10.0. The van der Waals surface area contributed by atoms with Gasteiger partial charge in [0.25, 0.3) is 0 Å². The van der Waals surface area contributed by atoms with Crippen LogP contribution in [0.5, 0.6) is 0 Å². The molecule has 0 aliphatic rings. The lowest BCUT2D eigenvalue weighted by Crippen LogP contribution is -1.97. The second-order valence-corrected chi connectivity index (χ2v) is 12.4. The van der Waals surface area contributed by atoms with Gasteiger partial charge in [-0.25, -0.2) is 0 Å². The third-order valence-electron chi connectivity index (χ3n) is 8.79. The molecule has 4 nitrogen and oxygen atoms in total. The number of nitrogens with zero attached hydrogens (tertiary/aromatic N) is 4. The summed E-state index contributed by atoms with van der Waals surface area (Å²) in [4.78, 5) is 0. The zero-order chi connectivity index (χ0) is 29.5. The Hall–Kier alpha value is -5.88. The summed E-state index contributed by atoms with van der Waals surface area (Å²) in [5.74, 6) is 0. The molecular weight excluding hydrogens is 557 g/mol. The second-order valence-electron chi connectivity index (χ2n) is 11.3. The standard InChI is InChI=1S/C39H22N4S/c1-23-10-13-34-29(16-23)30-17-24(21-40)11-14-35(30)42(34)26-12-15-36-31(20-26)27-6-2-4-8-33(27)43(36)37-19-25(22-41)18-32-28-7-3-5-9-38(28)44-39(32)37/h2-20H,1H3. The van der Waals surface area contributed by atoms with Gasteiger partial charge in [0.2, 0.25) is 0 Å². The van der Waals surface area contributed by atoms with Gasteiger partial charge in [-0.1, -0.05) is 48.0 Å². The van der Waals surface area contributed by atoms with E-state index in [0.29, 0.717) is 11.1 Å². The summed E-state index contributed by atoms with van der Waals surface area (Å²) in [6, 6.07) is 44.9. The van der Waals surface area contributed by atoms with Crippen molar-refractivity contribution in [3.63, 3.8) is 0 Å². The van der Waals surface area contributed by atoms with E-state index >= 15 is 0 Å². The second kappa shape index (κ2) is 9.06. The van der Waals surface area contributed by atoms with Gasteiger partial charge in [-0.15, -0.1) is 11.3 Å². The van der Waals surface area contributed by atoms with Crippen molar-refractivity contribution in [1.82, 2.24) is 9.13 Å². The molecule has 9 rings (SSSR count). The van der Waals surface area contributed by atoms with Crippen LogP contribution in [0, 0.1) is 29.6 Å². The Labute approximate surface area is 256 Å². The first-order valence-corrected chi connectivity index (χ1v) is 15.3. The zero-order valence-corrected chi connectivity index (χ0v) is 24.5. The molecular formula is C39H22N4S. The molecule has 9 aromatic rings. The Bertz CT molecular complexity index is 2760. The van der Waals surface area contributed by atoms with Gasteiger partial charge in [0.15, 0.2) is 0 Å². The fraction of sp³-hybridized carbons (Fsp3) is 0.0256. The van der Waals surface area contributed by atoms with Crippen LogP contribution in [-0.4, -0.2) is 9.13 Å². The van der Waals surface area contributed by atoms with E-state index in [1.165, 1.54) is 20.3 Å². The lowest BCUT2D eigenvalue weighted by Gasteiger charge is -2.12. The van der Waals surface area contributed by atoms with Crippen molar-refractivity contribution in [2.75, 3.05) is 0 Å². The van der Waals surface area contributed by atoms with E-state index in [0.717, 1.165) is 60.4 Å². The minimum atomic E-state index is 0.649. The van der Waals surface area contributed by atoms with Crippen LogP contribution in [0.2, 0.25) is 0 Å². The predicted molar refractivity (Wildman–Crippen MR) is 182 cm³/mol. The van der Waals surface area contributed by atoms with Crippen LogP contribution in [-0.2, 0) is 0 Å². The van der Waals surface area contributed by atoms with Crippen molar-refractivity contribution in [3.05, 3.63) is 132 Å². The SMILES string of the molecule is Cc1ccc2c(c1)c1cc(C#N)ccc1n2-c1ccc2c(c1)c1ccccc1n2-c1cc(C#N)cc2c1sc1ccccc12. The van der Waals surface area contributed by atoms with Crippen molar-refractivity contribution in [3.8, 4) is 23.5 Å². The van der Waals surface area contributed by atoms with Crippen LogP contribution in [0.3, 0.4) is 0 Å². The lowest BCUT2D eigenvalue weighted by molar-refractivity contribution is 1.17. The molecule has 0 saturated carbocycles. The minimum Gasteiger partial charge on any atom is -0.309 e. The number of nitriles is 2. The first-order chi connectivity index (χ1) is 21.6. The fourth-order valence-corrected chi connectivity index (χ4v) is 8.07. The van der Waals surface area contributed by atoms with Crippen molar-refractivity contribution in [1.29, 1.82) is 10.5 Å². The average molecular weight is 579 g/mol. The van der Waals surface area contributed by atoms with E-state index in [4.69, 9.17) is 0 Å². The first-order valence-electron chi connectivity index (χ1n) is 14.5. The molecule has 0 bridgehead atoms. The van der Waals surface area contributed by atoms with Crippen molar-refractivity contribution in [2.45, 2.75) is 6.92 Å². The molecule has 0 N–H and O–H groups in total. The summed E-state index contributed by atoms with van der Waals surface area (Å²) in [5, 5.41) is 26.5. The Kier molecular flexibility index (Phi) is 5.08. The van der Waals surface area contributed by atoms with Gasteiger partial charge in [0.1, 0.15) is 0 Å². The zero-order valence-electron chi connectivity index (χ0n) is 23.7. The molecule has 0 saturated heterocycles. The van der Waals surface area contributed by atoms with Gasteiger partial charge >= 0.3 is 0 Å². The number of hydrogen-bond donors (Lipinski definition) is 0. The summed E-state index contributed by atoms with van der Waals surface area (Å²) in [7, 11) is 0. The largest absolute Gasteiger partial charge is 0.309 e. The van der Waals surface area contributed by atoms with Crippen LogP contribution in [0.25, 0.3) is 75.2 Å². The van der Waals surface area contributed by atoms with Crippen molar-refractivity contribution < 1.29 is 0 Å². The molecule has 6 aromatic carbocycles. The van der Waals surface area contributed by atoms with Crippen LogP contribution in [0.4, 0.5) is 0 Å². The van der Waals surface area contributed by atoms with E-state index in [1.54, 1.807) is 11.3 Å². The van der Waals surface area contributed by atoms with Gasteiger partial charge in [-0.2, -0.15) is 10.5 Å². The summed E-state index contributed by atoms with van der Waals surface area (Å²) in [6.07, 6.45) is 0. The van der Waals surface area contributed by atoms with E-state index < -0.39 is 0 Å². The van der Waals surface area contributed by atoms with Crippen LogP contribution >= 0.6 is 11.3 Å². The summed E-state index contributed by atoms with van der Waals surface area (Å²) >= 11 is 1.77. The highest BCUT2D eigenvalue weighted by atomic mass is 32.1. The number of aromatic nitrogens is 2. The number of hydrogen-bond acceptors (Lipinski definition) is 3. The number of aryl methyl sites for hydroxylation is 1. The summed E-state index contributed by atoms with van der Waals surface area (Å²) < 4.78 is 7.00. The van der Waals surface area contributed by atoms with E-state index in [2.05, 4.69) is 119 Å². The molecule has 0 amide bonds. The maximum atomic E-state index is 10.0. The average Bonchev–Trinajstić information content (AvgIpc) is 3.71. The minimum absolute atomic E-state index is 0.649. The van der Waals surface area contributed by atoms with Crippen LogP contribution < -0.4 is 0 Å². The number of thiophene rings is 1. The number of rotatable bonds is 2. The normalized spacial score (nSPS) is 11.7. The molecule has 0 aliphatic carbocycles. The van der Waals surface area contributed by atoms with Gasteiger partial charge in [-0.3, -0.25) is 0 Å². The van der Waals surface area contributed by atoms with Gasteiger partial charge < -0.3 is 9.13 Å². The molecule has 0 atom stereocenters. The fourth-order valence-electron chi connectivity index (χ4n) is 6.88. The topological polar surface area (TPSA) is 57.4 Å². The molecule has 3 aromatic heterocycles. The lowest BCUT2D eigenvalue weighted by atomic mass is 10.1. The number of para-hydroxylation sites is 1. The van der Waals surface area contributed by atoms with Gasteiger partial charge in [0.05, 0.1) is 55.7 Å². The quantitative estimate of drug-likeness (QED) is 0.205. The first kappa shape index (κ1) is 24.7. The number of fused-ring (bicyclic) bond motifs is 9. The molecule has 3 heterocycles. The molecule has 5 heteroatoms. The number of benzene rings is 6. The van der Waals surface area contributed by atoms with E-state index in [9.17, 15) is 10.5 Å². The highest BCUT2D eigenvalue weighted by Gasteiger charge is 2.19. The highest BCUT2D eigenvalue weighted by Crippen LogP contribution is 2.42. The van der Waals surface area contributed by atoms with Crippen LogP contribution in [0.1, 0.15) is 16.7 Å². The Morgan fingerprint density at radius 3 is 2.00 bits per heavy atom. The van der Waals surface area contributed by atoms with Crippen LogP contribution in [0.15, 0.2) is 115 Å². The Balaban J connectivity index is 1.38. The molecule has 0 aliphatic heterocycles. The maximum absolute atomic E-state index is 10.0. The van der Waals surface area contributed by atoms with E-state index in [-0.39, 0.29) is 0 Å². The Morgan fingerprint density at radius 1 is 0.523 bits per heavy atom. The molecule has 204 valence electrons. The molecule has 44 heavy (non-hydrogen) atoms. The van der Waals surface area contributed by atoms with Crippen molar-refractivity contribution in [2.24, 2.45) is 0 Å². The highest BCUT2D eigenvalue weighted by molar-refractivity contribution is 7.26. The predicted octanol–water partition coefficient (Wildman–Crippen LogP) is 10.3. The maximum Gasteiger partial charge on any atom is 0.0992 e. The monoisotopic (exact) mass is 578 g/mol. The van der Waals surface area contributed by atoms with Gasteiger partial charge in [0, 0.05) is 42.7 Å². The molecule has 0 radical (unpaired) electrons. The Morgan fingerprint density at radius 2 is 1.16 bits per heavy atom. The van der Waals surface area contributed by atoms with Crippen molar-refractivity contribution >= 4 is 75.1 Å². The molecule has 0 fully saturated rings. The summed E-state index contributed by atoms with van der Waals surface area (Å²) in [5.41, 5.74) is 8.95. The smallest absolute Gasteiger partial charge is 0.0992 e. The third kappa shape index (κ3) is 3.36. The molecule has 0 unspecified atom stereocenters.